The van der Waals surface area contributed by atoms with Gasteiger partial charge in [-0.25, -0.2) is 0 Å². The maximum Gasteiger partial charge on any atom is 0.106 e. The summed E-state index contributed by atoms with van der Waals surface area (Å²) in [6.45, 7) is 2.03. The van der Waals surface area contributed by atoms with E-state index in [0.717, 1.165) is 11.1 Å². The lowest BCUT2D eigenvalue weighted by atomic mass is 10.0. The van der Waals surface area contributed by atoms with Crippen molar-refractivity contribution in [2.75, 3.05) is 0 Å². The largest absolute Gasteiger partial charge is 0.384 e. The van der Waals surface area contributed by atoms with Crippen LogP contribution in [0.3, 0.4) is 0 Å². The van der Waals surface area contributed by atoms with Crippen molar-refractivity contribution in [1.82, 2.24) is 4.98 Å². The molecule has 0 radical (unpaired) electrons. The first-order valence-electron chi connectivity index (χ1n) is 4.92. The molecule has 0 aliphatic carbocycles. The van der Waals surface area contributed by atoms with Crippen LogP contribution in [0.15, 0.2) is 48.8 Å². The SMILES string of the molecule is Cc1ccc([C@@H](O)c2cccnc2)cc1. The van der Waals surface area contributed by atoms with Crippen molar-refractivity contribution in [3.63, 3.8) is 0 Å². The van der Waals surface area contributed by atoms with Gasteiger partial charge in [0, 0.05) is 18.0 Å². The minimum Gasteiger partial charge on any atom is -0.384 e. The molecule has 0 spiro atoms. The highest BCUT2D eigenvalue weighted by Crippen LogP contribution is 2.20. The number of aryl methyl sites for hydroxylation is 1. The summed E-state index contributed by atoms with van der Waals surface area (Å²) in [6, 6.07) is 11.6. The number of nitrogens with zero attached hydrogens (tertiary/aromatic N) is 1. The van der Waals surface area contributed by atoms with Crippen LogP contribution in [0, 0.1) is 6.92 Å². The van der Waals surface area contributed by atoms with E-state index in [1.807, 2.05) is 43.3 Å². The van der Waals surface area contributed by atoms with Crippen molar-refractivity contribution in [2.45, 2.75) is 13.0 Å². The van der Waals surface area contributed by atoms with Gasteiger partial charge in [0.15, 0.2) is 0 Å². The molecule has 1 aromatic heterocycles. The fourth-order valence-electron chi connectivity index (χ4n) is 1.48. The molecule has 0 amide bonds. The van der Waals surface area contributed by atoms with E-state index in [0.29, 0.717) is 0 Å². The first-order chi connectivity index (χ1) is 7.27. The molecule has 0 bridgehead atoms. The molecule has 1 heterocycles. The summed E-state index contributed by atoms with van der Waals surface area (Å²) in [5.41, 5.74) is 2.91. The van der Waals surface area contributed by atoms with E-state index < -0.39 is 6.10 Å². The third-order valence-corrected chi connectivity index (χ3v) is 2.39. The monoisotopic (exact) mass is 199 g/mol. The zero-order valence-electron chi connectivity index (χ0n) is 8.59. The first-order valence-corrected chi connectivity index (χ1v) is 4.92. The van der Waals surface area contributed by atoms with Crippen LogP contribution in [-0.4, -0.2) is 10.1 Å². The number of aliphatic hydroxyl groups is 1. The molecule has 76 valence electrons. The Balaban J connectivity index is 2.29. The lowest BCUT2D eigenvalue weighted by molar-refractivity contribution is 0.220. The summed E-state index contributed by atoms with van der Waals surface area (Å²) in [5.74, 6) is 0. The Bertz CT molecular complexity index is 422. The van der Waals surface area contributed by atoms with Crippen molar-refractivity contribution < 1.29 is 5.11 Å². The smallest absolute Gasteiger partial charge is 0.106 e. The molecule has 0 saturated carbocycles. The van der Waals surface area contributed by atoms with Gasteiger partial charge in [0.05, 0.1) is 0 Å². The summed E-state index contributed by atoms with van der Waals surface area (Å²) in [5, 5.41) is 10.0. The minimum atomic E-state index is -0.584. The van der Waals surface area contributed by atoms with E-state index in [1.54, 1.807) is 12.4 Å². The van der Waals surface area contributed by atoms with Gasteiger partial charge in [-0.1, -0.05) is 35.9 Å². The molecule has 0 fully saturated rings. The average molecular weight is 199 g/mol. The van der Waals surface area contributed by atoms with Crippen molar-refractivity contribution in [2.24, 2.45) is 0 Å². The third kappa shape index (κ3) is 2.22. The van der Waals surface area contributed by atoms with Crippen LogP contribution in [-0.2, 0) is 0 Å². The normalized spacial score (nSPS) is 12.4. The number of aromatic nitrogens is 1. The van der Waals surface area contributed by atoms with E-state index in [9.17, 15) is 5.11 Å². The van der Waals surface area contributed by atoms with Crippen LogP contribution < -0.4 is 0 Å². The second kappa shape index (κ2) is 4.24. The topological polar surface area (TPSA) is 33.1 Å². The summed E-state index contributed by atoms with van der Waals surface area (Å²) in [6.07, 6.45) is 2.80. The molecule has 2 heteroatoms. The van der Waals surface area contributed by atoms with Gasteiger partial charge in [0.2, 0.25) is 0 Å². The second-order valence-electron chi connectivity index (χ2n) is 3.60. The predicted molar refractivity (Wildman–Crippen MR) is 59.5 cm³/mol. The Labute approximate surface area is 89.2 Å². The van der Waals surface area contributed by atoms with Gasteiger partial charge >= 0.3 is 0 Å². The highest BCUT2D eigenvalue weighted by atomic mass is 16.3. The zero-order chi connectivity index (χ0) is 10.7. The molecule has 0 unspecified atom stereocenters. The summed E-state index contributed by atoms with van der Waals surface area (Å²) < 4.78 is 0. The standard InChI is InChI=1S/C13H13NO/c1-10-4-6-11(7-5-10)13(15)12-3-2-8-14-9-12/h2-9,13,15H,1H3/t13-/m1/s1. The summed E-state index contributed by atoms with van der Waals surface area (Å²) >= 11 is 0. The highest BCUT2D eigenvalue weighted by Gasteiger charge is 2.09. The Kier molecular flexibility index (Phi) is 2.79. The predicted octanol–water partition coefficient (Wildman–Crippen LogP) is 2.47. The number of pyridine rings is 1. The Morgan fingerprint density at radius 3 is 2.40 bits per heavy atom. The number of rotatable bonds is 2. The first kappa shape index (κ1) is 9.87. The average Bonchev–Trinajstić information content (AvgIpc) is 2.30. The molecule has 1 aromatic carbocycles. The minimum absolute atomic E-state index is 0.584. The van der Waals surface area contributed by atoms with Crippen molar-refractivity contribution in [1.29, 1.82) is 0 Å². The van der Waals surface area contributed by atoms with Gasteiger partial charge in [0.25, 0.3) is 0 Å². The number of hydrogen-bond donors (Lipinski definition) is 1. The Morgan fingerprint density at radius 1 is 1.07 bits per heavy atom. The molecule has 2 nitrogen and oxygen atoms in total. The van der Waals surface area contributed by atoms with Crippen molar-refractivity contribution >= 4 is 0 Å². The fraction of sp³-hybridized carbons (Fsp3) is 0.154. The summed E-state index contributed by atoms with van der Waals surface area (Å²) in [7, 11) is 0. The van der Waals surface area contributed by atoms with Gasteiger partial charge in [0.1, 0.15) is 6.10 Å². The lowest BCUT2D eigenvalue weighted by Crippen LogP contribution is -1.99. The van der Waals surface area contributed by atoms with Gasteiger partial charge in [-0.15, -0.1) is 0 Å². The number of hydrogen-bond acceptors (Lipinski definition) is 2. The van der Waals surface area contributed by atoms with Crippen LogP contribution in [0.5, 0.6) is 0 Å². The van der Waals surface area contributed by atoms with Crippen LogP contribution in [0.25, 0.3) is 0 Å². The molecule has 1 atom stereocenters. The van der Waals surface area contributed by atoms with E-state index >= 15 is 0 Å². The molecule has 15 heavy (non-hydrogen) atoms. The maximum atomic E-state index is 10.0. The Hall–Kier alpha value is -1.67. The second-order valence-corrected chi connectivity index (χ2v) is 3.60. The van der Waals surface area contributed by atoms with Crippen LogP contribution in [0.2, 0.25) is 0 Å². The van der Waals surface area contributed by atoms with E-state index in [1.165, 1.54) is 5.56 Å². The molecule has 1 N–H and O–H groups in total. The number of benzene rings is 1. The molecular formula is C13H13NO. The molecule has 2 aromatic rings. The van der Waals surface area contributed by atoms with E-state index in [4.69, 9.17) is 0 Å². The van der Waals surface area contributed by atoms with Crippen LogP contribution in [0.1, 0.15) is 22.8 Å². The quantitative estimate of drug-likeness (QED) is 0.806. The molecule has 0 saturated heterocycles. The molecular weight excluding hydrogens is 186 g/mol. The molecule has 2 rings (SSSR count). The van der Waals surface area contributed by atoms with E-state index in [2.05, 4.69) is 4.98 Å². The fourth-order valence-corrected chi connectivity index (χ4v) is 1.48. The van der Waals surface area contributed by atoms with Gasteiger partial charge < -0.3 is 5.11 Å². The van der Waals surface area contributed by atoms with Gasteiger partial charge in [-0.3, -0.25) is 4.98 Å². The van der Waals surface area contributed by atoms with E-state index in [-0.39, 0.29) is 0 Å². The van der Waals surface area contributed by atoms with Crippen molar-refractivity contribution in [3.8, 4) is 0 Å². The summed E-state index contributed by atoms with van der Waals surface area (Å²) in [4.78, 5) is 3.99. The molecule has 0 aliphatic rings. The van der Waals surface area contributed by atoms with Crippen molar-refractivity contribution in [3.05, 3.63) is 65.5 Å². The van der Waals surface area contributed by atoms with Gasteiger partial charge in [-0.05, 0) is 18.6 Å². The maximum absolute atomic E-state index is 10.0. The zero-order valence-corrected chi connectivity index (χ0v) is 8.59. The number of aliphatic hydroxyl groups excluding tert-OH is 1. The lowest BCUT2D eigenvalue weighted by Gasteiger charge is -2.10. The van der Waals surface area contributed by atoms with Crippen LogP contribution >= 0.6 is 0 Å². The van der Waals surface area contributed by atoms with Gasteiger partial charge in [-0.2, -0.15) is 0 Å². The highest BCUT2D eigenvalue weighted by molar-refractivity contribution is 5.29. The Morgan fingerprint density at radius 2 is 1.80 bits per heavy atom. The third-order valence-electron chi connectivity index (χ3n) is 2.39. The molecule has 0 aliphatic heterocycles. The van der Waals surface area contributed by atoms with Crippen LogP contribution in [0.4, 0.5) is 0 Å².